The highest BCUT2D eigenvalue weighted by molar-refractivity contribution is 4.84. The van der Waals surface area contributed by atoms with Crippen LogP contribution in [0.25, 0.3) is 0 Å². The van der Waals surface area contributed by atoms with Gasteiger partial charge in [-0.1, -0.05) is 13.8 Å². The molecule has 18 heavy (non-hydrogen) atoms. The lowest BCUT2D eigenvalue weighted by Gasteiger charge is -2.36. The van der Waals surface area contributed by atoms with Crippen LogP contribution >= 0.6 is 0 Å². The molecule has 2 rings (SSSR count). The van der Waals surface area contributed by atoms with Crippen LogP contribution in [0.2, 0.25) is 0 Å². The Bertz CT molecular complexity index is 247. The Morgan fingerprint density at radius 3 is 2.22 bits per heavy atom. The molecule has 1 saturated heterocycles. The van der Waals surface area contributed by atoms with E-state index in [1.165, 1.54) is 0 Å². The summed E-state index contributed by atoms with van der Waals surface area (Å²) in [6.45, 7) is 5.89. The monoisotopic (exact) mass is 258 g/mol. The summed E-state index contributed by atoms with van der Waals surface area (Å²) in [5.41, 5.74) is -0.657. The molecule has 1 spiro atoms. The maximum absolute atomic E-state index is 10.2. The van der Waals surface area contributed by atoms with E-state index in [4.69, 9.17) is 14.2 Å². The van der Waals surface area contributed by atoms with Crippen LogP contribution in [-0.2, 0) is 14.2 Å². The van der Waals surface area contributed by atoms with Gasteiger partial charge < -0.3 is 19.3 Å². The number of rotatable bonds is 5. The summed E-state index contributed by atoms with van der Waals surface area (Å²) in [6, 6.07) is 0. The molecule has 1 aliphatic heterocycles. The summed E-state index contributed by atoms with van der Waals surface area (Å²) >= 11 is 0. The van der Waals surface area contributed by atoms with Gasteiger partial charge in [-0.15, -0.1) is 0 Å². The van der Waals surface area contributed by atoms with Gasteiger partial charge in [-0.25, -0.2) is 0 Å². The van der Waals surface area contributed by atoms with Gasteiger partial charge in [0.1, 0.15) is 0 Å². The Morgan fingerprint density at radius 2 is 1.72 bits per heavy atom. The first-order valence-electron chi connectivity index (χ1n) is 7.23. The van der Waals surface area contributed by atoms with Crippen LogP contribution in [0.4, 0.5) is 0 Å². The second-order valence-electron chi connectivity index (χ2n) is 5.55. The van der Waals surface area contributed by atoms with Gasteiger partial charge in [0.25, 0.3) is 0 Å². The Labute approximate surface area is 110 Å². The molecule has 4 heteroatoms. The van der Waals surface area contributed by atoms with E-state index in [1.807, 2.05) is 13.8 Å². The lowest BCUT2D eigenvalue weighted by atomic mass is 9.91. The van der Waals surface area contributed by atoms with Crippen LogP contribution in [0, 0.1) is 0 Å². The van der Waals surface area contributed by atoms with Crippen molar-refractivity contribution in [1.82, 2.24) is 0 Å². The highest BCUT2D eigenvalue weighted by Gasteiger charge is 2.40. The predicted octanol–water partition coefficient (Wildman–Crippen LogP) is 2.24. The highest BCUT2D eigenvalue weighted by atomic mass is 16.7. The maximum atomic E-state index is 10.2. The molecule has 4 nitrogen and oxygen atoms in total. The molecule has 0 radical (unpaired) electrons. The number of hydrogen-bond acceptors (Lipinski definition) is 4. The SMILES string of the molecule is CCC(O)(CC)COC1CCC2(CC1)OCCO2. The second-order valence-corrected chi connectivity index (χ2v) is 5.55. The molecule has 0 aromatic heterocycles. The third kappa shape index (κ3) is 3.23. The molecule has 1 N–H and O–H groups in total. The third-order valence-electron chi connectivity index (χ3n) is 4.41. The zero-order valence-corrected chi connectivity index (χ0v) is 11.6. The molecule has 106 valence electrons. The molecule has 0 aromatic carbocycles. The predicted molar refractivity (Wildman–Crippen MR) is 68.4 cm³/mol. The van der Waals surface area contributed by atoms with Crippen LogP contribution in [0.15, 0.2) is 0 Å². The van der Waals surface area contributed by atoms with Crippen molar-refractivity contribution in [3.63, 3.8) is 0 Å². The van der Waals surface area contributed by atoms with Gasteiger partial charge in [0.05, 0.1) is 31.5 Å². The van der Waals surface area contributed by atoms with Gasteiger partial charge in [0, 0.05) is 12.8 Å². The lowest BCUT2D eigenvalue weighted by Crippen LogP contribution is -2.40. The molecule has 2 fully saturated rings. The fourth-order valence-corrected chi connectivity index (χ4v) is 2.71. The molecule has 0 amide bonds. The van der Waals surface area contributed by atoms with Crippen LogP contribution in [0.1, 0.15) is 52.4 Å². The van der Waals surface area contributed by atoms with E-state index in [9.17, 15) is 5.11 Å². The summed E-state index contributed by atoms with van der Waals surface area (Å²) in [7, 11) is 0. The fraction of sp³-hybridized carbons (Fsp3) is 1.00. The van der Waals surface area contributed by atoms with Crippen molar-refractivity contribution in [3.05, 3.63) is 0 Å². The van der Waals surface area contributed by atoms with E-state index in [0.717, 1.165) is 51.7 Å². The first kappa shape index (κ1) is 14.3. The summed E-state index contributed by atoms with van der Waals surface area (Å²) in [4.78, 5) is 0. The fourth-order valence-electron chi connectivity index (χ4n) is 2.71. The molecule has 1 aliphatic carbocycles. The number of hydrogen-bond donors (Lipinski definition) is 1. The van der Waals surface area contributed by atoms with E-state index in [-0.39, 0.29) is 11.9 Å². The summed E-state index contributed by atoms with van der Waals surface area (Å²) in [5.74, 6) is -0.314. The van der Waals surface area contributed by atoms with E-state index in [0.29, 0.717) is 6.61 Å². The Morgan fingerprint density at radius 1 is 1.17 bits per heavy atom. The average Bonchev–Trinajstić information content (AvgIpc) is 2.86. The minimum atomic E-state index is -0.657. The summed E-state index contributed by atoms with van der Waals surface area (Å²) < 4.78 is 17.3. The van der Waals surface area contributed by atoms with Crippen molar-refractivity contribution >= 4 is 0 Å². The zero-order chi connectivity index (χ0) is 13.1. The van der Waals surface area contributed by atoms with Crippen LogP contribution in [-0.4, -0.2) is 42.4 Å². The van der Waals surface area contributed by atoms with E-state index >= 15 is 0 Å². The van der Waals surface area contributed by atoms with Crippen LogP contribution < -0.4 is 0 Å². The normalized spacial score (nSPS) is 24.8. The van der Waals surface area contributed by atoms with E-state index in [2.05, 4.69) is 0 Å². The number of aliphatic hydroxyl groups is 1. The molecule has 2 aliphatic rings. The first-order chi connectivity index (χ1) is 8.61. The minimum absolute atomic E-state index is 0.244. The minimum Gasteiger partial charge on any atom is -0.388 e. The van der Waals surface area contributed by atoms with Crippen molar-refractivity contribution in [2.75, 3.05) is 19.8 Å². The van der Waals surface area contributed by atoms with Gasteiger partial charge in [-0.05, 0) is 25.7 Å². The molecule has 0 aromatic rings. The molecule has 1 heterocycles. The quantitative estimate of drug-likeness (QED) is 0.821. The largest absolute Gasteiger partial charge is 0.388 e. The maximum Gasteiger partial charge on any atom is 0.168 e. The van der Waals surface area contributed by atoms with Crippen molar-refractivity contribution in [1.29, 1.82) is 0 Å². The Kier molecular flexibility index (Phi) is 4.64. The molecule has 0 bridgehead atoms. The van der Waals surface area contributed by atoms with Crippen molar-refractivity contribution < 1.29 is 19.3 Å². The van der Waals surface area contributed by atoms with Gasteiger partial charge in [0.15, 0.2) is 5.79 Å². The van der Waals surface area contributed by atoms with E-state index < -0.39 is 5.60 Å². The molecular weight excluding hydrogens is 232 g/mol. The smallest absolute Gasteiger partial charge is 0.168 e. The summed E-state index contributed by atoms with van der Waals surface area (Å²) in [6.07, 6.45) is 5.47. The lowest BCUT2D eigenvalue weighted by molar-refractivity contribution is -0.196. The second kappa shape index (κ2) is 5.87. The third-order valence-corrected chi connectivity index (χ3v) is 4.41. The number of ether oxygens (including phenoxy) is 3. The van der Waals surface area contributed by atoms with Crippen molar-refractivity contribution in [2.24, 2.45) is 0 Å². The van der Waals surface area contributed by atoms with Gasteiger partial charge in [-0.3, -0.25) is 0 Å². The van der Waals surface area contributed by atoms with Crippen molar-refractivity contribution in [3.8, 4) is 0 Å². The molecular formula is C14H26O4. The molecule has 0 unspecified atom stereocenters. The van der Waals surface area contributed by atoms with Gasteiger partial charge in [-0.2, -0.15) is 0 Å². The standard InChI is InChI=1S/C14H26O4/c1-3-13(15,4-2)11-16-12-5-7-14(8-6-12)17-9-10-18-14/h12,15H,3-11H2,1-2H3. The zero-order valence-electron chi connectivity index (χ0n) is 11.6. The van der Waals surface area contributed by atoms with Crippen LogP contribution in [0.5, 0.6) is 0 Å². The van der Waals surface area contributed by atoms with Gasteiger partial charge in [0.2, 0.25) is 0 Å². The van der Waals surface area contributed by atoms with E-state index in [1.54, 1.807) is 0 Å². The first-order valence-corrected chi connectivity index (χ1v) is 7.23. The van der Waals surface area contributed by atoms with Crippen LogP contribution in [0.3, 0.4) is 0 Å². The Hall–Kier alpha value is -0.160. The highest BCUT2D eigenvalue weighted by Crippen LogP contribution is 2.37. The topological polar surface area (TPSA) is 47.9 Å². The summed E-state index contributed by atoms with van der Waals surface area (Å²) in [5, 5.41) is 10.2. The average molecular weight is 258 g/mol. The molecule has 1 saturated carbocycles. The Balaban J connectivity index is 1.73. The molecule has 0 atom stereocenters. The van der Waals surface area contributed by atoms with Gasteiger partial charge >= 0.3 is 0 Å². The van der Waals surface area contributed by atoms with Crippen molar-refractivity contribution in [2.45, 2.75) is 69.9 Å².